The van der Waals surface area contributed by atoms with Crippen LogP contribution in [0.3, 0.4) is 0 Å². The Hall–Kier alpha value is -1.67. The van der Waals surface area contributed by atoms with E-state index in [9.17, 15) is 0 Å². The number of rotatable bonds is 5. The zero-order valence-corrected chi connectivity index (χ0v) is 11.1. The summed E-state index contributed by atoms with van der Waals surface area (Å²) < 4.78 is 0. The number of benzene rings is 1. The molecule has 2 aromatic rings. The second-order valence-electron chi connectivity index (χ2n) is 4.37. The summed E-state index contributed by atoms with van der Waals surface area (Å²) in [6.45, 7) is 5.26. The Morgan fingerprint density at radius 2 is 1.56 bits per heavy atom. The van der Waals surface area contributed by atoms with Gasteiger partial charge in [0.25, 0.3) is 0 Å². The van der Waals surface area contributed by atoms with Gasteiger partial charge in [-0.2, -0.15) is 0 Å². The average Bonchev–Trinajstić information content (AvgIpc) is 2.46. The van der Waals surface area contributed by atoms with E-state index in [-0.39, 0.29) is 6.04 Å². The van der Waals surface area contributed by atoms with Gasteiger partial charge in [0.15, 0.2) is 0 Å². The van der Waals surface area contributed by atoms with E-state index in [0.717, 1.165) is 13.0 Å². The average molecular weight is 240 g/mol. The zero-order chi connectivity index (χ0) is 12.8. The molecule has 0 amide bonds. The van der Waals surface area contributed by atoms with Gasteiger partial charge in [-0.05, 0) is 41.8 Å². The van der Waals surface area contributed by atoms with Crippen molar-refractivity contribution in [2.24, 2.45) is 0 Å². The zero-order valence-electron chi connectivity index (χ0n) is 11.1. The number of pyridine rings is 1. The fourth-order valence-electron chi connectivity index (χ4n) is 2.13. The van der Waals surface area contributed by atoms with Crippen molar-refractivity contribution in [1.82, 2.24) is 10.3 Å². The fraction of sp³-hybridized carbons (Fsp3) is 0.312. The van der Waals surface area contributed by atoms with Crippen LogP contribution in [0.1, 0.15) is 36.6 Å². The number of nitrogens with zero attached hydrogens (tertiary/aromatic N) is 1. The summed E-state index contributed by atoms with van der Waals surface area (Å²) in [5.41, 5.74) is 3.94. The summed E-state index contributed by atoms with van der Waals surface area (Å²) in [6, 6.07) is 13.2. The van der Waals surface area contributed by atoms with Crippen LogP contribution in [0.2, 0.25) is 0 Å². The Labute approximate surface area is 109 Å². The van der Waals surface area contributed by atoms with Gasteiger partial charge in [0.1, 0.15) is 0 Å². The van der Waals surface area contributed by atoms with Crippen molar-refractivity contribution >= 4 is 0 Å². The first-order valence-corrected chi connectivity index (χ1v) is 6.57. The molecule has 0 fully saturated rings. The highest BCUT2D eigenvalue weighted by Crippen LogP contribution is 2.21. The molecule has 0 spiro atoms. The van der Waals surface area contributed by atoms with E-state index in [0.29, 0.717) is 0 Å². The third-order valence-electron chi connectivity index (χ3n) is 3.17. The molecule has 2 heteroatoms. The SMILES string of the molecule is CCNC(c1ccncc1)c1ccc(CC)cc1. The molecule has 0 aliphatic rings. The maximum Gasteiger partial charge on any atom is 0.0577 e. The fourth-order valence-corrected chi connectivity index (χ4v) is 2.13. The van der Waals surface area contributed by atoms with Gasteiger partial charge in [0.05, 0.1) is 6.04 Å². The van der Waals surface area contributed by atoms with Crippen molar-refractivity contribution in [3.8, 4) is 0 Å². The van der Waals surface area contributed by atoms with Crippen molar-refractivity contribution in [2.75, 3.05) is 6.54 Å². The third kappa shape index (κ3) is 2.96. The van der Waals surface area contributed by atoms with E-state index in [2.05, 4.69) is 60.5 Å². The monoisotopic (exact) mass is 240 g/mol. The normalized spacial score (nSPS) is 12.3. The number of nitrogens with one attached hydrogen (secondary N) is 1. The molecule has 2 rings (SSSR count). The molecule has 0 saturated heterocycles. The minimum atomic E-state index is 0.254. The lowest BCUT2D eigenvalue weighted by Gasteiger charge is -2.19. The Morgan fingerprint density at radius 1 is 0.944 bits per heavy atom. The van der Waals surface area contributed by atoms with Crippen molar-refractivity contribution in [3.63, 3.8) is 0 Å². The van der Waals surface area contributed by atoms with E-state index in [1.807, 2.05) is 12.4 Å². The highest BCUT2D eigenvalue weighted by Gasteiger charge is 2.12. The van der Waals surface area contributed by atoms with Gasteiger partial charge in [0.2, 0.25) is 0 Å². The molecule has 1 unspecified atom stereocenters. The van der Waals surface area contributed by atoms with Gasteiger partial charge in [-0.15, -0.1) is 0 Å². The summed E-state index contributed by atoms with van der Waals surface area (Å²) in [6.07, 6.45) is 4.78. The molecular formula is C16H20N2. The first kappa shape index (κ1) is 12.8. The lowest BCUT2D eigenvalue weighted by atomic mass is 9.98. The van der Waals surface area contributed by atoms with Crippen LogP contribution < -0.4 is 5.32 Å². The smallest absolute Gasteiger partial charge is 0.0577 e. The minimum Gasteiger partial charge on any atom is -0.307 e. The molecule has 1 aromatic heterocycles. The molecule has 0 aliphatic carbocycles. The summed E-state index contributed by atoms with van der Waals surface area (Å²) >= 11 is 0. The van der Waals surface area contributed by atoms with E-state index in [1.165, 1.54) is 16.7 Å². The quantitative estimate of drug-likeness (QED) is 0.867. The second kappa shape index (κ2) is 6.31. The predicted molar refractivity (Wildman–Crippen MR) is 75.6 cm³/mol. The van der Waals surface area contributed by atoms with E-state index in [4.69, 9.17) is 0 Å². The van der Waals surface area contributed by atoms with Gasteiger partial charge in [-0.1, -0.05) is 38.1 Å². The molecule has 0 bridgehead atoms. The predicted octanol–water partition coefficient (Wildman–Crippen LogP) is 3.34. The lowest BCUT2D eigenvalue weighted by Crippen LogP contribution is -2.21. The van der Waals surface area contributed by atoms with Crippen molar-refractivity contribution in [3.05, 3.63) is 65.5 Å². The van der Waals surface area contributed by atoms with Gasteiger partial charge in [0, 0.05) is 12.4 Å². The summed E-state index contributed by atoms with van der Waals surface area (Å²) in [4.78, 5) is 4.08. The Bertz CT molecular complexity index is 462. The molecule has 1 heterocycles. The number of aromatic nitrogens is 1. The standard InChI is InChI=1S/C16H20N2/c1-3-13-5-7-14(8-6-13)16(18-4-2)15-9-11-17-12-10-15/h5-12,16,18H,3-4H2,1-2H3. The van der Waals surface area contributed by atoms with Crippen LogP contribution in [-0.4, -0.2) is 11.5 Å². The van der Waals surface area contributed by atoms with E-state index in [1.54, 1.807) is 0 Å². The highest BCUT2D eigenvalue weighted by molar-refractivity contribution is 5.32. The van der Waals surface area contributed by atoms with Gasteiger partial charge in [-0.3, -0.25) is 4.98 Å². The molecular weight excluding hydrogens is 220 g/mol. The summed E-state index contributed by atoms with van der Waals surface area (Å²) in [7, 11) is 0. The molecule has 1 atom stereocenters. The van der Waals surface area contributed by atoms with Gasteiger partial charge >= 0.3 is 0 Å². The highest BCUT2D eigenvalue weighted by atomic mass is 14.9. The third-order valence-corrected chi connectivity index (χ3v) is 3.17. The summed E-state index contributed by atoms with van der Waals surface area (Å²) in [5, 5.41) is 3.52. The topological polar surface area (TPSA) is 24.9 Å². The number of aryl methyl sites for hydroxylation is 1. The summed E-state index contributed by atoms with van der Waals surface area (Å²) in [5.74, 6) is 0. The van der Waals surface area contributed by atoms with Crippen LogP contribution in [-0.2, 0) is 6.42 Å². The molecule has 1 N–H and O–H groups in total. The molecule has 0 radical (unpaired) electrons. The van der Waals surface area contributed by atoms with Crippen LogP contribution in [0.5, 0.6) is 0 Å². The first-order chi connectivity index (χ1) is 8.85. The maximum absolute atomic E-state index is 4.08. The second-order valence-corrected chi connectivity index (χ2v) is 4.37. The molecule has 1 aromatic carbocycles. The lowest BCUT2D eigenvalue weighted by molar-refractivity contribution is 0.630. The Morgan fingerprint density at radius 3 is 2.11 bits per heavy atom. The number of hydrogen-bond donors (Lipinski definition) is 1. The van der Waals surface area contributed by atoms with Crippen molar-refractivity contribution in [2.45, 2.75) is 26.3 Å². The van der Waals surface area contributed by atoms with Gasteiger partial charge in [-0.25, -0.2) is 0 Å². The van der Waals surface area contributed by atoms with Crippen LogP contribution in [0.4, 0.5) is 0 Å². The van der Waals surface area contributed by atoms with Crippen LogP contribution in [0.25, 0.3) is 0 Å². The van der Waals surface area contributed by atoms with Crippen molar-refractivity contribution < 1.29 is 0 Å². The van der Waals surface area contributed by atoms with Crippen LogP contribution >= 0.6 is 0 Å². The molecule has 0 aliphatic heterocycles. The van der Waals surface area contributed by atoms with Crippen LogP contribution in [0, 0.1) is 0 Å². The first-order valence-electron chi connectivity index (χ1n) is 6.57. The van der Waals surface area contributed by atoms with Crippen LogP contribution in [0.15, 0.2) is 48.8 Å². The Balaban J connectivity index is 2.29. The molecule has 94 valence electrons. The number of hydrogen-bond acceptors (Lipinski definition) is 2. The molecule has 18 heavy (non-hydrogen) atoms. The van der Waals surface area contributed by atoms with Gasteiger partial charge < -0.3 is 5.32 Å². The largest absolute Gasteiger partial charge is 0.307 e. The Kier molecular flexibility index (Phi) is 4.48. The minimum absolute atomic E-state index is 0.254. The molecule has 2 nitrogen and oxygen atoms in total. The van der Waals surface area contributed by atoms with E-state index >= 15 is 0 Å². The maximum atomic E-state index is 4.08. The molecule has 0 saturated carbocycles. The van der Waals surface area contributed by atoms with E-state index < -0.39 is 0 Å². The van der Waals surface area contributed by atoms with Crippen molar-refractivity contribution in [1.29, 1.82) is 0 Å².